The fourth-order valence-electron chi connectivity index (χ4n) is 6.80. The van der Waals surface area contributed by atoms with Crippen LogP contribution in [0.4, 0.5) is 0 Å². The molecule has 4 rings (SSSR count). The number of hydrogen-bond acceptors (Lipinski definition) is 4. The second-order valence-corrected chi connectivity index (χ2v) is 11.2. The van der Waals surface area contributed by atoms with Crippen LogP contribution in [-0.2, 0) is 10.8 Å². The van der Waals surface area contributed by atoms with E-state index in [1.165, 1.54) is 69.2 Å². The minimum atomic E-state index is 0.143. The molecule has 4 nitrogen and oxygen atoms in total. The minimum absolute atomic E-state index is 0.143. The third-order valence-corrected chi connectivity index (χ3v) is 9.03. The van der Waals surface area contributed by atoms with Crippen LogP contribution in [0.25, 0.3) is 0 Å². The minimum Gasteiger partial charge on any atom is -0.508 e. The van der Waals surface area contributed by atoms with Crippen LogP contribution in [0.15, 0.2) is 48.5 Å². The van der Waals surface area contributed by atoms with E-state index in [0.29, 0.717) is 11.5 Å². The first-order valence-electron chi connectivity index (χ1n) is 14.0. The molecule has 2 aliphatic heterocycles. The molecule has 192 valence electrons. The highest BCUT2D eigenvalue weighted by Gasteiger charge is 2.36. The summed E-state index contributed by atoms with van der Waals surface area (Å²) >= 11 is 0. The van der Waals surface area contributed by atoms with Crippen molar-refractivity contribution in [1.82, 2.24) is 9.80 Å². The monoisotopic (exact) mass is 478 g/mol. The molecule has 0 aromatic heterocycles. The molecular weight excluding hydrogens is 432 g/mol. The van der Waals surface area contributed by atoms with E-state index in [4.69, 9.17) is 0 Å². The maximum atomic E-state index is 10.1. The van der Waals surface area contributed by atoms with Crippen LogP contribution in [0.5, 0.6) is 11.5 Å². The van der Waals surface area contributed by atoms with Crippen LogP contribution >= 0.6 is 0 Å². The predicted octanol–water partition coefficient (Wildman–Crippen LogP) is 6.46. The molecule has 0 radical (unpaired) electrons. The van der Waals surface area contributed by atoms with Crippen molar-refractivity contribution < 1.29 is 10.2 Å². The van der Waals surface area contributed by atoms with E-state index < -0.39 is 0 Å². The van der Waals surface area contributed by atoms with Gasteiger partial charge >= 0.3 is 0 Å². The maximum Gasteiger partial charge on any atom is 0.115 e. The molecule has 2 N–H and O–H groups in total. The Labute approximate surface area is 213 Å². The summed E-state index contributed by atoms with van der Waals surface area (Å²) in [6, 6.07) is 16.0. The van der Waals surface area contributed by atoms with Gasteiger partial charge in [-0.2, -0.15) is 0 Å². The molecule has 0 bridgehead atoms. The van der Waals surface area contributed by atoms with E-state index in [0.717, 1.165) is 39.0 Å². The van der Waals surface area contributed by atoms with E-state index >= 15 is 0 Å². The van der Waals surface area contributed by atoms with Gasteiger partial charge in [0.05, 0.1) is 0 Å². The van der Waals surface area contributed by atoms with Crippen molar-refractivity contribution in [2.75, 3.05) is 39.3 Å². The summed E-state index contributed by atoms with van der Waals surface area (Å²) in [6.45, 7) is 11.5. The Morgan fingerprint density at radius 2 is 1.14 bits per heavy atom. The molecule has 2 saturated heterocycles. The first-order valence-corrected chi connectivity index (χ1v) is 14.0. The number of benzene rings is 2. The van der Waals surface area contributed by atoms with Crippen LogP contribution in [0.3, 0.4) is 0 Å². The third-order valence-electron chi connectivity index (χ3n) is 9.03. The van der Waals surface area contributed by atoms with Gasteiger partial charge in [0.25, 0.3) is 0 Å². The van der Waals surface area contributed by atoms with Crippen molar-refractivity contribution in [3.05, 3.63) is 59.7 Å². The van der Waals surface area contributed by atoms with E-state index in [1.54, 1.807) is 12.1 Å². The molecule has 2 heterocycles. The van der Waals surface area contributed by atoms with Gasteiger partial charge in [-0.1, -0.05) is 51.0 Å². The molecule has 2 aliphatic rings. The standard InChI is InChI=1S/C31H46N2O2/c1-3-30(26-12-9-14-28(34)22-26)16-5-7-18-32(24-30)20-11-21-33-19-8-6-17-31(4-2,25-33)27-13-10-15-29(35)23-27/h9-10,12-15,22-23,34-35H,3-8,11,16-21,24-25H2,1-2H3/t30-,31-/m1/s1. The van der Waals surface area contributed by atoms with E-state index in [2.05, 4.69) is 35.8 Å². The normalized spacial score (nSPS) is 26.8. The van der Waals surface area contributed by atoms with Gasteiger partial charge in [0.1, 0.15) is 11.5 Å². The van der Waals surface area contributed by atoms with Gasteiger partial charge in [0.15, 0.2) is 0 Å². The Balaban J connectivity index is 1.40. The van der Waals surface area contributed by atoms with E-state index in [-0.39, 0.29) is 10.8 Å². The number of phenolic OH excluding ortho intramolecular Hbond substituents is 2. The van der Waals surface area contributed by atoms with Crippen LogP contribution in [0, 0.1) is 0 Å². The first-order chi connectivity index (χ1) is 17.0. The van der Waals surface area contributed by atoms with Gasteiger partial charge in [-0.3, -0.25) is 0 Å². The Morgan fingerprint density at radius 1 is 0.686 bits per heavy atom. The zero-order valence-corrected chi connectivity index (χ0v) is 22.0. The molecule has 0 saturated carbocycles. The van der Waals surface area contributed by atoms with Gasteiger partial charge in [0, 0.05) is 23.9 Å². The average Bonchev–Trinajstić information content (AvgIpc) is 3.22. The Morgan fingerprint density at radius 3 is 1.54 bits per heavy atom. The Hall–Kier alpha value is -2.04. The molecule has 2 aromatic carbocycles. The van der Waals surface area contributed by atoms with Crippen molar-refractivity contribution in [2.24, 2.45) is 0 Å². The molecule has 35 heavy (non-hydrogen) atoms. The number of likely N-dealkylation sites (tertiary alicyclic amines) is 2. The lowest BCUT2D eigenvalue weighted by molar-refractivity contribution is 0.182. The van der Waals surface area contributed by atoms with Crippen molar-refractivity contribution >= 4 is 0 Å². The predicted molar refractivity (Wildman–Crippen MR) is 145 cm³/mol. The van der Waals surface area contributed by atoms with Gasteiger partial charge in [-0.15, -0.1) is 0 Å². The van der Waals surface area contributed by atoms with Crippen molar-refractivity contribution in [3.63, 3.8) is 0 Å². The summed E-state index contributed by atoms with van der Waals surface area (Å²) in [4.78, 5) is 5.39. The van der Waals surface area contributed by atoms with Crippen molar-refractivity contribution in [2.45, 2.75) is 82.5 Å². The molecule has 2 fully saturated rings. The zero-order chi connectivity index (χ0) is 24.7. The van der Waals surface area contributed by atoms with Gasteiger partial charge < -0.3 is 20.0 Å². The van der Waals surface area contributed by atoms with Crippen LogP contribution in [0.2, 0.25) is 0 Å². The lowest BCUT2D eigenvalue weighted by Crippen LogP contribution is -2.42. The number of hydrogen-bond donors (Lipinski definition) is 2. The van der Waals surface area contributed by atoms with Gasteiger partial charge in [-0.05, 0) is 107 Å². The maximum absolute atomic E-state index is 10.1. The van der Waals surface area contributed by atoms with Gasteiger partial charge in [0.2, 0.25) is 0 Å². The summed E-state index contributed by atoms with van der Waals surface area (Å²) in [7, 11) is 0. The molecule has 2 atom stereocenters. The summed E-state index contributed by atoms with van der Waals surface area (Å²) < 4.78 is 0. The summed E-state index contributed by atoms with van der Waals surface area (Å²) in [5, 5.41) is 20.3. The molecule has 0 aliphatic carbocycles. The number of aromatic hydroxyl groups is 2. The number of rotatable bonds is 8. The molecule has 0 spiro atoms. The highest BCUT2D eigenvalue weighted by molar-refractivity contribution is 5.34. The molecule has 2 aromatic rings. The SMILES string of the molecule is CC[C@@]1(c2cccc(O)c2)CCCCN(CCCN2CCCC[C@@](CC)(c3cccc(O)c3)C2)C1. The molecule has 0 unspecified atom stereocenters. The number of phenols is 2. The van der Waals surface area contributed by atoms with E-state index in [1.807, 2.05) is 24.3 Å². The zero-order valence-electron chi connectivity index (χ0n) is 22.0. The molecular formula is C31H46N2O2. The van der Waals surface area contributed by atoms with Crippen LogP contribution in [0.1, 0.15) is 82.8 Å². The quantitative estimate of drug-likeness (QED) is 0.457. The average molecular weight is 479 g/mol. The summed E-state index contributed by atoms with van der Waals surface area (Å²) in [6.07, 6.45) is 10.9. The Bertz CT molecular complexity index is 872. The van der Waals surface area contributed by atoms with Crippen molar-refractivity contribution in [3.8, 4) is 11.5 Å². The first kappa shape index (κ1) is 26.0. The summed E-state index contributed by atoms with van der Waals surface area (Å²) in [5.41, 5.74) is 2.89. The third kappa shape index (κ3) is 6.21. The van der Waals surface area contributed by atoms with E-state index in [9.17, 15) is 10.2 Å². The fraction of sp³-hybridized carbons (Fsp3) is 0.613. The Kier molecular flexibility index (Phi) is 8.77. The van der Waals surface area contributed by atoms with Crippen molar-refractivity contribution in [1.29, 1.82) is 0 Å². The highest BCUT2D eigenvalue weighted by atomic mass is 16.3. The fourth-order valence-corrected chi connectivity index (χ4v) is 6.80. The highest BCUT2D eigenvalue weighted by Crippen LogP contribution is 2.39. The van der Waals surface area contributed by atoms with Crippen LogP contribution < -0.4 is 0 Å². The second kappa shape index (κ2) is 11.8. The molecule has 4 heteroatoms. The number of nitrogens with zero attached hydrogens (tertiary/aromatic N) is 2. The molecule has 0 amide bonds. The topological polar surface area (TPSA) is 46.9 Å². The lowest BCUT2D eigenvalue weighted by Gasteiger charge is -2.38. The summed E-state index contributed by atoms with van der Waals surface area (Å²) in [5.74, 6) is 0.775. The smallest absolute Gasteiger partial charge is 0.115 e. The van der Waals surface area contributed by atoms with Crippen LogP contribution in [-0.4, -0.2) is 59.3 Å². The second-order valence-electron chi connectivity index (χ2n) is 11.2. The lowest BCUT2D eigenvalue weighted by atomic mass is 9.74. The largest absolute Gasteiger partial charge is 0.508 e. The van der Waals surface area contributed by atoms with Gasteiger partial charge in [-0.25, -0.2) is 0 Å².